The molecule has 0 bridgehead atoms. The van der Waals surface area contributed by atoms with Crippen molar-refractivity contribution in [1.82, 2.24) is 20.1 Å². The maximum absolute atomic E-state index is 13.8. The molecule has 0 spiro atoms. The van der Waals surface area contributed by atoms with Gasteiger partial charge in [-0.1, -0.05) is 42.5 Å². The lowest BCUT2D eigenvalue weighted by Gasteiger charge is -2.38. The number of aromatic nitrogens is 1. The number of urea groups is 1. The van der Waals surface area contributed by atoms with Gasteiger partial charge >= 0.3 is 6.03 Å². The van der Waals surface area contributed by atoms with Crippen LogP contribution in [0.15, 0.2) is 73.1 Å². The molecule has 1 fully saturated rings. The summed E-state index contributed by atoms with van der Waals surface area (Å²) in [5, 5.41) is 3.03. The highest BCUT2D eigenvalue weighted by molar-refractivity contribution is 6.01. The molecule has 0 atom stereocenters. The summed E-state index contributed by atoms with van der Waals surface area (Å²) >= 11 is 0. The molecule has 1 saturated heterocycles. The second-order valence-electron chi connectivity index (χ2n) is 9.42. The fraction of sp³-hybridized carbons (Fsp3) is 0.345. The number of para-hydroxylation sites is 2. The Bertz CT molecular complexity index is 1140. The van der Waals surface area contributed by atoms with Crippen LogP contribution < -0.4 is 10.2 Å². The van der Waals surface area contributed by atoms with E-state index < -0.39 is 0 Å². The number of rotatable bonds is 6. The summed E-state index contributed by atoms with van der Waals surface area (Å²) in [5.41, 5.74) is 5.47. The molecule has 0 radical (unpaired) electrons. The molecule has 3 amide bonds. The lowest BCUT2D eigenvalue weighted by molar-refractivity contribution is -0.121. The number of piperazine rings is 1. The van der Waals surface area contributed by atoms with Crippen LogP contribution >= 0.6 is 0 Å². The van der Waals surface area contributed by atoms with Crippen LogP contribution in [0.3, 0.4) is 0 Å². The average molecular weight is 484 g/mol. The Kier molecular flexibility index (Phi) is 7.57. The van der Waals surface area contributed by atoms with Gasteiger partial charge in [0, 0.05) is 58.1 Å². The molecule has 5 rings (SSSR count). The number of pyridine rings is 1. The molecule has 0 aliphatic carbocycles. The van der Waals surface area contributed by atoms with E-state index in [0.717, 1.165) is 49.4 Å². The summed E-state index contributed by atoms with van der Waals surface area (Å²) in [4.78, 5) is 36.3. The Hall–Kier alpha value is -3.71. The number of nitrogens with one attached hydrogen (secondary N) is 1. The second-order valence-corrected chi connectivity index (χ2v) is 9.42. The minimum absolute atomic E-state index is 0.0418. The topological polar surface area (TPSA) is 68.8 Å². The van der Waals surface area contributed by atoms with Gasteiger partial charge in [0.25, 0.3) is 0 Å². The van der Waals surface area contributed by atoms with E-state index in [1.807, 2.05) is 46.2 Å². The van der Waals surface area contributed by atoms with Gasteiger partial charge in [0.05, 0.1) is 11.4 Å². The van der Waals surface area contributed by atoms with Crippen molar-refractivity contribution in [3.63, 3.8) is 0 Å². The van der Waals surface area contributed by atoms with Gasteiger partial charge < -0.3 is 10.2 Å². The summed E-state index contributed by atoms with van der Waals surface area (Å²) in [7, 11) is 0. The number of hydrogen-bond acceptors (Lipinski definition) is 4. The molecule has 0 saturated carbocycles. The maximum atomic E-state index is 13.8. The molecule has 1 aromatic heterocycles. The van der Waals surface area contributed by atoms with Crippen LogP contribution in [-0.4, -0.2) is 66.0 Å². The van der Waals surface area contributed by atoms with Crippen molar-refractivity contribution in [2.45, 2.75) is 25.7 Å². The Labute approximate surface area is 212 Å². The Morgan fingerprint density at radius 3 is 2.14 bits per heavy atom. The highest BCUT2D eigenvalue weighted by atomic mass is 16.2. The molecule has 186 valence electrons. The fourth-order valence-corrected chi connectivity index (χ4v) is 5.04. The summed E-state index contributed by atoms with van der Waals surface area (Å²) in [6, 6.07) is 20.4. The molecule has 3 heterocycles. The minimum atomic E-state index is 0.0418. The van der Waals surface area contributed by atoms with Gasteiger partial charge in [-0.25, -0.2) is 4.79 Å². The summed E-state index contributed by atoms with van der Waals surface area (Å²) < 4.78 is 0. The third-order valence-electron chi connectivity index (χ3n) is 7.08. The number of hydrogen-bond donors (Lipinski definition) is 1. The summed E-state index contributed by atoms with van der Waals surface area (Å²) in [5.74, 6) is 0.0613. The largest absolute Gasteiger partial charge is 0.355 e. The number of carbonyl (C=O) groups is 2. The highest BCUT2D eigenvalue weighted by Crippen LogP contribution is 2.36. The first-order chi connectivity index (χ1) is 17.7. The number of anilines is 2. The quantitative estimate of drug-likeness (QED) is 0.579. The van der Waals surface area contributed by atoms with Crippen LogP contribution in [0.5, 0.6) is 0 Å². The molecule has 1 N–H and O–H groups in total. The van der Waals surface area contributed by atoms with Crippen LogP contribution in [0.2, 0.25) is 0 Å². The number of carbonyl (C=O) groups excluding carboxylic acids is 2. The van der Waals surface area contributed by atoms with Crippen molar-refractivity contribution in [1.29, 1.82) is 0 Å². The van der Waals surface area contributed by atoms with E-state index >= 15 is 0 Å². The van der Waals surface area contributed by atoms with Crippen molar-refractivity contribution in [2.24, 2.45) is 0 Å². The number of amides is 3. The monoisotopic (exact) mass is 483 g/mol. The van der Waals surface area contributed by atoms with Gasteiger partial charge in [-0.2, -0.15) is 0 Å². The molecule has 7 heteroatoms. The first-order valence-electron chi connectivity index (χ1n) is 12.8. The van der Waals surface area contributed by atoms with E-state index in [1.54, 1.807) is 12.4 Å². The summed E-state index contributed by atoms with van der Waals surface area (Å²) in [6.07, 6.45) is 6.56. The number of benzene rings is 2. The average Bonchev–Trinajstić information content (AvgIpc) is 3.09. The predicted octanol–water partition coefficient (Wildman–Crippen LogP) is 3.80. The lowest BCUT2D eigenvalue weighted by atomic mass is 10.0. The Morgan fingerprint density at radius 1 is 0.833 bits per heavy atom. The van der Waals surface area contributed by atoms with Crippen molar-refractivity contribution in [3.05, 3.63) is 89.7 Å². The SMILES string of the molecule is O=C(CCc1cccnc1)NCCN1CCN(C(=O)N2c3ccccc3CCc3ccccc32)CC1. The zero-order chi connectivity index (χ0) is 24.7. The lowest BCUT2D eigenvalue weighted by Crippen LogP contribution is -2.53. The van der Waals surface area contributed by atoms with E-state index in [1.165, 1.54) is 11.1 Å². The first-order valence-corrected chi connectivity index (χ1v) is 12.8. The van der Waals surface area contributed by atoms with E-state index in [2.05, 4.69) is 39.5 Å². The smallest absolute Gasteiger partial charge is 0.329 e. The molecule has 36 heavy (non-hydrogen) atoms. The van der Waals surface area contributed by atoms with Crippen molar-refractivity contribution < 1.29 is 9.59 Å². The minimum Gasteiger partial charge on any atom is -0.355 e. The van der Waals surface area contributed by atoms with E-state index in [9.17, 15) is 9.59 Å². The van der Waals surface area contributed by atoms with Crippen LogP contribution in [-0.2, 0) is 24.1 Å². The zero-order valence-corrected chi connectivity index (χ0v) is 20.6. The number of aryl methyl sites for hydroxylation is 3. The zero-order valence-electron chi connectivity index (χ0n) is 20.6. The van der Waals surface area contributed by atoms with Gasteiger partial charge in [0.15, 0.2) is 0 Å². The molecular formula is C29H33N5O2. The Balaban J connectivity index is 1.14. The maximum Gasteiger partial charge on any atom is 0.329 e. The van der Waals surface area contributed by atoms with Gasteiger partial charge in [-0.05, 0) is 54.2 Å². The normalized spacial score (nSPS) is 15.6. The molecule has 2 aliphatic heterocycles. The highest BCUT2D eigenvalue weighted by Gasteiger charge is 2.30. The van der Waals surface area contributed by atoms with Gasteiger partial charge in [0.1, 0.15) is 0 Å². The molecular weight excluding hydrogens is 450 g/mol. The molecule has 3 aromatic rings. The van der Waals surface area contributed by atoms with Crippen LogP contribution in [0.4, 0.5) is 16.2 Å². The Morgan fingerprint density at radius 2 is 1.50 bits per heavy atom. The fourth-order valence-electron chi connectivity index (χ4n) is 5.04. The molecule has 2 aromatic carbocycles. The standard InChI is InChI=1S/C29H33N5O2/c35-28(14-11-23-6-5-15-30-22-23)31-16-17-32-18-20-33(21-19-32)29(36)34-26-9-3-1-7-24(26)12-13-25-8-2-4-10-27(25)34/h1-10,15,22H,11-14,16-21H2,(H,31,35). The van der Waals surface area contributed by atoms with Crippen LogP contribution in [0.1, 0.15) is 23.1 Å². The first kappa shape index (κ1) is 24.0. The van der Waals surface area contributed by atoms with Gasteiger partial charge in [-0.15, -0.1) is 0 Å². The van der Waals surface area contributed by atoms with Crippen LogP contribution in [0, 0.1) is 0 Å². The summed E-state index contributed by atoms with van der Waals surface area (Å²) in [6.45, 7) is 4.36. The van der Waals surface area contributed by atoms with Crippen LogP contribution in [0.25, 0.3) is 0 Å². The third-order valence-corrected chi connectivity index (χ3v) is 7.08. The van der Waals surface area contributed by atoms with Gasteiger partial charge in [-0.3, -0.25) is 19.6 Å². The van der Waals surface area contributed by atoms with E-state index in [0.29, 0.717) is 32.5 Å². The van der Waals surface area contributed by atoms with E-state index in [-0.39, 0.29) is 11.9 Å². The van der Waals surface area contributed by atoms with Crippen molar-refractivity contribution in [3.8, 4) is 0 Å². The van der Waals surface area contributed by atoms with Crippen molar-refractivity contribution >= 4 is 23.3 Å². The number of nitrogens with zero attached hydrogens (tertiary/aromatic N) is 4. The van der Waals surface area contributed by atoms with E-state index in [4.69, 9.17) is 0 Å². The second kappa shape index (κ2) is 11.4. The third kappa shape index (κ3) is 5.57. The molecule has 0 unspecified atom stereocenters. The molecule has 7 nitrogen and oxygen atoms in total. The predicted molar refractivity (Wildman–Crippen MR) is 141 cm³/mol. The van der Waals surface area contributed by atoms with Crippen molar-refractivity contribution in [2.75, 3.05) is 44.2 Å². The molecule has 2 aliphatic rings. The number of fused-ring (bicyclic) bond motifs is 2. The van der Waals surface area contributed by atoms with Gasteiger partial charge in [0.2, 0.25) is 5.91 Å².